The van der Waals surface area contributed by atoms with Gasteiger partial charge in [0.1, 0.15) is 18.7 Å². The van der Waals surface area contributed by atoms with E-state index in [0.717, 1.165) is 0 Å². The zero-order valence-corrected chi connectivity index (χ0v) is 19.9. The molecule has 0 aliphatic rings. The second-order valence-corrected chi connectivity index (χ2v) is 8.92. The van der Waals surface area contributed by atoms with Gasteiger partial charge in [0, 0.05) is 39.0 Å². The maximum absolute atomic E-state index is 13.6. The van der Waals surface area contributed by atoms with Gasteiger partial charge in [-0.1, -0.05) is 35.3 Å². The number of hydrogen-bond donors (Lipinski definition) is 1. The highest BCUT2D eigenvalue weighted by Gasteiger charge is 2.18. The minimum atomic E-state index is -0.425. The van der Waals surface area contributed by atoms with Gasteiger partial charge in [-0.15, -0.1) is 0 Å². The predicted octanol–water partition coefficient (Wildman–Crippen LogP) is 4.77. The Hall–Kier alpha value is -3.55. The lowest BCUT2D eigenvalue weighted by Crippen LogP contribution is -2.37. The number of amides is 1. The van der Waals surface area contributed by atoms with E-state index in [2.05, 4.69) is 15.3 Å². The number of rotatable bonds is 6. The minimum absolute atomic E-state index is 0.0886. The molecule has 9 heteroatoms. The summed E-state index contributed by atoms with van der Waals surface area (Å²) in [7, 11) is 0. The van der Waals surface area contributed by atoms with Crippen LogP contribution in [0.4, 0.5) is 0 Å². The van der Waals surface area contributed by atoms with Gasteiger partial charge in [-0.3, -0.25) is 19.0 Å². The SMILES string of the molecule is CC(C)NC(=O)Cn1c(-c2cccc(Cl)c2)nc2ncc(-c3cc(Cl)cc(C=O)c3)cc2c1=O. The molecule has 0 aliphatic heterocycles. The zero-order valence-electron chi connectivity index (χ0n) is 18.4. The first-order chi connectivity index (χ1) is 16.2. The van der Waals surface area contributed by atoms with Crippen molar-refractivity contribution < 1.29 is 9.59 Å². The summed E-state index contributed by atoms with van der Waals surface area (Å²) in [5, 5.41) is 3.89. The monoisotopic (exact) mass is 494 g/mol. The van der Waals surface area contributed by atoms with Crippen LogP contribution in [0.1, 0.15) is 24.2 Å². The Labute approximate surface area is 205 Å². The van der Waals surface area contributed by atoms with E-state index in [0.29, 0.717) is 38.6 Å². The van der Waals surface area contributed by atoms with Crippen molar-refractivity contribution in [2.45, 2.75) is 26.4 Å². The van der Waals surface area contributed by atoms with Crippen molar-refractivity contribution in [3.63, 3.8) is 0 Å². The fourth-order valence-electron chi connectivity index (χ4n) is 3.62. The molecule has 4 aromatic rings. The van der Waals surface area contributed by atoms with E-state index < -0.39 is 5.56 Å². The van der Waals surface area contributed by atoms with Crippen LogP contribution in [0.2, 0.25) is 10.0 Å². The second kappa shape index (κ2) is 9.75. The maximum Gasteiger partial charge on any atom is 0.263 e. The maximum atomic E-state index is 13.6. The fraction of sp³-hybridized carbons (Fsp3) is 0.160. The molecule has 0 bridgehead atoms. The second-order valence-electron chi connectivity index (χ2n) is 8.05. The Morgan fingerprint density at radius 1 is 1.06 bits per heavy atom. The van der Waals surface area contributed by atoms with Gasteiger partial charge < -0.3 is 5.32 Å². The summed E-state index contributed by atoms with van der Waals surface area (Å²) in [5.74, 6) is -0.0405. The lowest BCUT2D eigenvalue weighted by atomic mass is 10.0. The summed E-state index contributed by atoms with van der Waals surface area (Å²) in [4.78, 5) is 46.4. The van der Waals surface area contributed by atoms with Crippen LogP contribution in [0.15, 0.2) is 59.5 Å². The molecule has 0 aliphatic carbocycles. The quantitative estimate of drug-likeness (QED) is 0.389. The molecule has 172 valence electrons. The van der Waals surface area contributed by atoms with Gasteiger partial charge in [-0.25, -0.2) is 9.97 Å². The lowest BCUT2D eigenvalue weighted by Gasteiger charge is -2.15. The summed E-state index contributed by atoms with van der Waals surface area (Å²) >= 11 is 12.3. The van der Waals surface area contributed by atoms with Gasteiger partial charge in [-0.05, 0) is 55.8 Å². The third-order valence-electron chi connectivity index (χ3n) is 5.03. The Kier molecular flexibility index (Phi) is 6.77. The highest BCUT2D eigenvalue weighted by molar-refractivity contribution is 6.31. The highest BCUT2D eigenvalue weighted by Crippen LogP contribution is 2.27. The molecule has 2 heterocycles. The van der Waals surface area contributed by atoms with Gasteiger partial charge in [0.25, 0.3) is 5.56 Å². The normalized spacial score (nSPS) is 11.1. The first-order valence-corrected chi connectivity index (χ1v) is 11.2. The summed E-state index contributed by atoms with van der Waals surface area (Å²) in [6.07, 6.45) is 2.26. The van der Waals surface area contributed by atoms with Gasteiger partial charge in [0.05, 0.1) is 5.39 Å². The van der Waals surface area contributed by atoms with E-state index in [1.807, 2.05) is 13.8 Å². The van der Waals surface area contributed by atoms with Crippen LogP contribution in [0, 0.1) is 0 Å². The average molecular weight is 495 g/mol. The predicted molar refractivity (Wildman–Crippen MR) is 133 cm³/mol. The Morgan fingerprint density at radius 2 is 1.82 bits per heavy atom. The van der Waals surface area contributed by atoms with Crippen molar-refractivity contribution in [1.82, 2.24) is 19.9 Å². The van der Waals surface area contributed by atoms with E-state index in [-0.39, 0.29) is 35.4 Å². The number of aldehydes is 1. The Balaban J connectivity index is 1.92. The summed E-state index contributed by atoms with van der Waals surface area (Å²) in [6.45, 7) is 3.45. The molecule has 0 saturated carbocycles. The standard InChI is InChI=1S/C25H20Cl2N4O3/c1-14(2)29-22(33)12-31-24(16-4-3-5-19(26)8-16)30-23-21(25(31)34)10-18(11-28-23)17-6-15(13-32)7-20(27)9-17/h3-11,13-14H,12H2,1-2H3,(H,29,33). The largest absolute Gasteiger partial charge is 0.352 e. The van der Waals surface area contributed by atoms with Crippen molar-refractivity contribution in [3.8, 4) is 22.5 Å². The number of benzene rings is 2. The molecule has 2 aromatic carbocycles. The number of aromatic nitrogens is 3. The van der Waals surface area contributed by atoms with Gasteiger partial charge in [-0.2, -0.15) is 0 Å². The van der Waals surface area contributed by atoms with Gasteiger partial charge >= 0.3 is 0 Å². The van der Waals surface area contributed by atoms with Crippen LogP contribution in [0.3, 0.4) is 0 Å². The van der Waals surface area contributed by atoms with Crippen molar-refractivity contribution in [2.75, 3.05) is 0 Å². The molecule has 0 unspecified atom stereocenters. The van der Waals surface area contributed by atoms with Crippen molar-refractivity contribution in [3.05, 3.63) is 80.7 Å². The number of hydrogen-bond acceptors (Lipinski definition) is 5. The van der Waals surface area contributed by atoms with Crippen LogP contribution in [0.5, 0.6) is 0 Å². The molecule has 1 N–H and O–H groups in total. The molecule has 0 fully saturated rings. The number of pyridine rings is 1. The summed E-state index contributed by atoms with van der Waals surface area (Å²) < 4.78 is 1.31. The number of nitrogens with zero attached hydrogens (tertiary/aromatic N) is 3. The number of halogens is 2. The van der Waals surface area contributed by atoms with E-state index >= 15 is 0 Å². The average Bonchev–Trinajstić information content (AvgIpc) is 2.79. The number of fused-ring (bicyclic) bond motifs is 1. The minimum Gasteiger partial charge on any atom is -0.352 e. The number of nitrogens with one attached hydrogen (secondary N) is 1. The van der Waals surface area contributed by atoms with E-state index in [1.165, 1.54) is 4.57 Å². The Bertz CT molecular complexity index is 1480. The molecule has 2 aromatic heterocycles. The molecule has 0 saturated heterocycles. The van der Waals surface area contributed by atoms with Crippen LogP contribution in [-0.4, -0.2) is 32.8 Å². The molecule has 0 atom stereocenters. The molecule has 7 nitrogen and oxygen atoms in total. The summed E-state index contributed by atoms with van der Waals surface area (Å²) in [5.41, 5.74) is 2.00. The van der Waals surface area contributed by atoms with Crippen molar-refractivity contribution in [2.24, 2.45) is 0 Å². The van der Waals surface area contributed by atoms with E-state index in [9.17, 15) is 14.4 Å². The van der Waals surface area contributed by atoms with Gasteiger partial charge in [0.15, 0.2) is 5.65 Å². The highest BCUT2D eigenvalue weighted by atomic mass is 35.5. The van der Waals surface area contributed by atoms with E-state index in [1.54, 1.807) is 54.7 Å². The summed E-state index contributed by atoms with van der Waals surface area (Å²) in [6, 6.07) is 13.3. The van der Waals surface area contributed by atoms with Crippen LogP contribution in [-0.2, 0) is 11.3 Å². The third kappa shape index (κ3) is 5.00. The molecular formula is C25H20Cl2N4O3. The first-order valence-electron chi connectivity index (χ1n) is 10.5. The molecule has 1 amide bonds. The van der Waals surface area contributed by atoms with Crippen LogP contribution in [0.25, 0.3) is 33.5 Å². The molecular weight excluding hydrogens is 475 g/mol. The topological polar surface area (TPSA) is 93.9 Å². The Morgan fingerprint density at radius 3 is 2.53 bits per heavy atom. The van der Waals surface area contributed by atoms with Crippen LogP contribution >= 0.6 is 23.2 Å². The molecule has 4 rings (SSSR count). The number of carbonyl (C=O) groups is 2. The van der Waals surface area contributed by atoms with Gasteiger partial charge in [0.2, 0.25) is 5.91 Å². The lowest BCUT2D eigenvalue weighted by molar-refractivity contribution is -0.122. The van der Waals surface area contributed by atoms with Crippen molar-refractivity contribution in [1.29, 1.82) is 0 Å². The molecule has 0 radical (unpaired) electrons. The van der Waals surface area contributed by atoms with Crippen LogP contribution < -0.4 is 10.9 Å². The van der Waals surface area contributed by atoms with Crippen molar-refractivity contribution >= 4 is 46.4 Å². The molecule has 34 heavy (non-hydrogen) atoms. The first kappa shape index (κ1) is 23.6. The number of carbonyl (C=O) groups excluding carboxylic acids is 2. The van der Waals surface area contributed by atoms with E-state index in [4.69, 9.17) is 23.2 Å². The molecule has 0 spiro atoms. The third-order valence-corrected chi connectivity index (χ3v) is 5.49. The zero-order chi connectivity index (χ0) is 24.4. The smallest absolute Gasteiger partial charge is 0.263 e. The fourth-order valence-corrected chi connectivity index (χ4v) is 4.05.